The average Bonchev–Trinajstić information content (AvgIpc) is 2.82. The summed E-state index contributed by atoms with van der Waals surface area (Å²) in [7, 11) is 4.30. The lowest BCUT2D eigenvalue weighted by Gasteiger charge is -2.42. The highest BCUT2D eigenvalue weighted by molar-refractivity contribution is 5.56. The van der Waals surface area contributed by atoms with E-state index in [9.17, 15) is 0 Å². The van der Waals surface area contributed by atoms with Crippen molar-refractivity contribution in [3.63, 3.8) is 0 Å². The van der Waals surface area contributed by atoms with E-state index in [1.54, 1.807) is 12.4 Å². The van der Waals surface area contributed by atoms with Crippen molar-refractivity contribution in [2.75, 3.05) is 32.5 Å². The lowest BCUT2D eigenvalue weighted by atomic mass is 10.0. The van der Waals surface area contributed by atoms with E-state index in [4.69, 9.17) is 0 Å². The summed E-state index contributed by atoms with van der Waals surface area (Å²) in [4.78, 5) is 27.4. The first-order chi connectivity index (χ1) is 17.0. The monoisotopic (exact) mass is 466 g/mol. The second-order valence-corrected chi connectivity index (χ2v) is 9.22. The van der Waals surface area contributed by atoms with Crippen molar-refractivity contribution in [2.24, 2.45) is 0 Å². The van der Waals surface area contributed by atoms with Crippen LogP contribution in [0.2, 0.25) is 0 Å². The Kier molecular flexibility index (Phi) is 6.74. The molecule has 1 fully saturated rings. The van der Waals surface area contributed by atoms with Gasteiger partial charge < -0.3 is 10.2 Å². The van der Waals surface area contributed by atoms with E-state index >= 15 is 0 Å². The second kappa shape index (κ2) is 10.2. The minimum atomic E-state index is 0.573. The van der Waals surface area contributed by atoms with Crippen LogP contribution in [0.15, 0.2) is 67.0 Å². The molecule has 0 aliphatic carbocycles. The van der Waals surface area contributed by atoms with Crippen LogP contribution in [-0.2, 0) is 13.0 Å². The van der Waals surface area contributed by atoms with Crippen molar-refractivity contribution >= 4 is 11.6 Å². The number of nitrogens with zero attached hydrogens (tertiary/aromatic N) is 7. The molecule has 0 bridgehead atoms. The first kappa shape index (κ1) is 23.0. The summed E-state index contributed by atoms with van der Waals surface area (Å²) in [5.74, 6) is 2.69. The fraction of sp³-hybridized carbons (Fsp3) is 0.296. The van der Waals surface area contributed by atoms with E-state index in [1.165, 1.54) is 11.1 Å². The van der Waals surface area contributed by atoms with Crippen LogP contribution < -0.4 is 5.32 Å². The Morgan fingerprint density at radius 2 is 1.57 bits per heavy atom. The third kappa shape index (κ3) is 5.85. The number of nitrogens with one attached hydrogen (secondary N) is 1. The van der Waals surface area contributed by atoms with E-state index in [1.807, 2.05) is 37.3 Å². The standard InChI is InChI=1S/C27H30N8/c1-19-5-4-6-23(30-19)27-29-14-12-25(33-27)31-24-11-13-28-26(32-24)15-20-7-9-21(10-8-20)16-35-17-22(18-35)34(2)3/h4-14,22H,15-18H2,1-3H3,(H,28,29,31,32,33). The molecule has 8 heteroatoms. The average molecular weight is 467 g/mol. The lowest BCUT2D eigenvalue weighted by Crippen LogP contribution is -2.56. The number of likely N-dealkylation sites (tertiary alicyclic amines) is 1. The first-order valence-electron chi connectivity index (χ1n) is 11.8. The Balaban J connectivity index is 1.21. The molecule has 8 nitrogen and oxygen atoms in total. The van der Waals surface area contributed by atoms with Crippen molar-refractivity contribution in [1.82, 2.24) is 34.7 Å². The number of likely N-dealkylation sites (N-methyl/N-ethyl adjacent to an activating group) is 1. The molecule has 1 aliphatic heterocycles. The summed E-state index contributed by atoms with van der Waals surface area (Å²) in [5.41, 5.74) is 4.20. The van der Waals surface area contributed by atoms with Crippen LogP contribution in [0.3, 0.4) is 0 Å². The van der Waals surface area contributed by atoms with Gasteiger partial charge in [-0.05, 0) is 56.4 Å². The third-order valence-corrected chi connectivity index (χ3v) is 6.19. The fourth-order valence-electron chi connectivity index (χ4n) is 4.11. The van der Waals surface area contributed by atoms with Gasteiger partial charge in [-0.1, -0.05) is 30.3 Å². The smallest absolute Gasteiger partial charge is 0.180 e. The highest BCUT2D eigenvalue weighted by atomic mass is 15.3. The molecular weight excluding hydrogens is 436 g/mol. The normalized spacial score (nSPS) is 14.2. The maximum atomic E-state index is 4.69. The van der Waals surface area contributed by atoms with Crippen molar-refractivity contribution in [3.8, 4) is 11.5 Å². The van der Waals surface area contributed by atoms with Gasteiger partial charge in [-0.25, -0.2) is 24.9 Å². The van der Waals surface area contributed by atoms with Crippen LogP contribution in [0.5, 0.6) is 0 Å². The maximum Gasteiger partial charge on any atom is 0.180 e. The van der Waals surface area contributed by atoms with Gasteiger partial charge in [0, 0.05) is 50.2 Å². The van der Waals surface area contributed by atoms with Gasteiger partial charge >= 0.3 is 0 Å². The van der Waals surface area contributed by atoms with Gasteiger partial charge in [0.1, 0.15) is 23.2 Å². The number of aryl methyl sites for hydroxylation is 1. The molecule has 0 spiro atoms. The molecule has 1 saturated heterocycles. The molecule has 4 heterocycles. The van der Waals surface area contributed by atoms with Gasteiger partial charge in [-0.3, -0.25) is 4.90 Å². The maximum absolute atomic E-state index is 4.69. The fourth-order valence-corrected chi connectivity index (χ4v) is 4.11. The minimum Gasteiger partial charge on any atom is -0.325 e. The summed E-state index contributed by atoms with van der Waals surface area (Å²) in [5, 5.41) is 3.27. The van der Waals surface area contributed by atoms with Gasteiger partial charge in [0.15, 0.2) is 5.82 Å². The number of pyridine rings is 1. The van der Waals surface area contributed by atoms with Crippen molar-refractivity contribution in [2.45, 2.75) is 25.9 Å². The summed E-state index contributed by atoms with van der Waals surface area (Å²) >= 11 is 0. The Bertz CT molecular complexity index is 1280. The highest BCUT2D eigenvalue weighted by Gasteiger charge is 2.27. The van der Waals surface area contributed by atoms with Gasteiger partial charge in [0.05, 0.1) is 0 Å². The van der Waals surface area contributed by atoms with E-state index < -0.39 is 0 Å². The van der Waals surface area contributed by atoms with Crippen LogP contribution >= 0.6 is 0 Å². The number of anilines is 2. The second-order valence-electron chi connectivity index (χ2n) is 9.22. The largest absolute Gasteiger partial charge is 0.325 e. The van der Waals surface area contributed by atoms with Gasteiger partial charge in [0.2, 0.25) is 0 Å². The number of hydrogen-bond donors (Lipinski definition) is 1. The van der Waals surface area contributed by atoms with Crippen LogP contribution in [-0.4, -0.2) is 67.9 Å². The predicted octanol–water partition coefficient (Wildman–Crippen LogP) is 3.72. The predicted molar refractivity (Wildman–Crippen MR) is 137 cm³/mol. The molecule has 0 amide bonds. The Morgan fingerprint density at radius 1 is 0.857 bits per heavy atom. The number of benzene rings is 1. The molecule has 4 aromatic rings. The van der Waals surface area contributed by atoms with Crippen LogP contribution in [0, 0.1) is 6.92 Å². The summed E-state index contributed by atoms with van der Waals surface area (Å²) in [6.45, 7) is 5.23. The van der Waals surface area contributed by atoms with Crippen molar-refractivity contribution in [1.29, 1.82) is 0 Å². The summed E-state index contributed by atoms with van der Waals surface area (Å²) in [6, 6.07) is 18.9. The molecule has 1 aliphatic rings. The van der Waals surface area contributed by atoms with Crippen molar-refractivity contribution in [3.05, 3.63) is 89.6 Å². The molecule has 0 saturated carbocycles. The molecule has 1 N–H and O–H groups in total. The first-order valence-corrected chi connectivity index (χ1v) is 11.8. The Hall–Kier alpha value is -3.75. The Morgan fingerprint density at radius 3 is 2.31 bits per heavy atom. The number of hydrogen-bond acceptors (Lipinski definition) is 8. The quantitative estimate of drug-likeness (QED) is 0.421. The minimum absolute atomic E-state index is 0.573. The molecule has 5 rings (SSSR count). The Labute approximate surface area is 206 Å². The molecule has 3 aromatic heterocycles. The van der Waals surface area contributed by atoms with Gasteiger partial charge in [-0.2, -0.15) is 0 Å². The molecule has 178 valence electrons. The van der Waals surface area contributed by atoms with Crippen LogP contribution in [0.4, 0.5) is 11.6 Å². The van der Waals surface area contributed by atoms with E-state index in [0.29, 0.717) is 29.9 Å². The van der Waals surface area contributed by atoms with E-state index in [-0.39, 0.29) is 0 Å². The molecule has 1 aromatic carbocycles. The zero-order valence-corrected chi connectivity index (χ0v) is 20.4. The zero-order valence-electron chi connectivity index (χ0n) is 20.4. The van der Waals surface area contributed by atoms with Gasteiger partial charge in [-0.15, -0.1) is 0 Å². The number of aromatic nitrogens is 5. The lowest BCUT2D eigenvalue weighted by molar-refractivity contribution is 0.0574. The SMILES string of the molecule is Cc1cccc(-c2nccc(Nc3ccnc(Cc4ccc(CN5CC(N(C)C)C5)cc4)n3)n2)n1. The van der Waals surface area contributed by atoms with Crippen molar-refractivity contribution < 1.29 is 0 Å². The van der Waals surface area contributed by atoms with Crippen LogP contribution in [0.25, 0.3) is 11.5 Å². The van der Waals surface area contributed by atoms with Crippen LogP contribution in [0.1, 0.15) is 22.6 Å². The zero-order chi connectivity index (χ0) is 24.2. The summed E-state index contributed by atoms with van der Waals surface area (Å²) in [6.07, 6.45) is 4.16. The molecule has 0 unspecified atom stereocenters. The molecule has 0 atom stereocenters. The van der Waals surface area contributed by atoms with E-state index in [2.05, 4.69) is 78.4 Å². The number of rotatable bonds is 8. The highest BCUT2D eigenvalue weighted by Crippen LogP contribution is 2.19. The molecule has 0 radical (unpaired) electrons. The molecule has 35 heavy (non-hydrogen) atoms. The van der Waals surface area contributed by atoms with E-state index in [0.717, 1.165) is 36.8 Å². The topological polar surface area (TPSA) is 83.0 Å². The van der Waals surface area contributed by atoms with Gasteiger partial charge in [0.25, 0.3) is 0 Å². The summed E-state index contributed by atoms with van der Waals surface area (Å²) < 4.78 is 0. The molecular formula is C27H30N8. The third-order valence-electron chi connectivity index (χ3n) is 6.19.